The minimum Gasteiger partial charge on any atom is -0.394 e. The summed E-state index contributed by atoms with van der Waals surface area (Å²) in [5.41, 5.74) is 8.03. The van der Waals surface area contributed by atoms with Crippen LogP contribution in [0.3, 0.4) is 0 Å². The summed E-state index contributed by atoms with van der Waals surface area (Å²) in [7, 11) is 0. The minimum absolute atomic E-state index is 0.00345. The third-order valence-electron chi connectivity index (χ3n) is 5.77. The molecule has 1 atom stereocenters. The van der Waals surface area contributed by atoms with Gasteiger partial charge < -0.3 is 10.4 Å². The summed E-state index contributed by atoms with van der Waals surface area (Å²) in [5.74, 6) is 0. The maximum Gasteiger partial charge on any atom is 0.0949 e. The molecule has 1 aliphatic heterocycles. The lowest BCUT2D eigenvalue weighted by atomic mass is 9.84. The number of hydrogen-bond donors (Lipinski definition) is 2. The average Bonchev–Trinajstić information content (AvgIpc) is 2.79. The Morgan fingerprint density at radius 2 is 1.53 bits per heavy atom. The van der Waals surface area contributed by atoms with Crippen LogP contribution in [-0.2, 0) is 0 Å². The molecular weight excluding hydrogens is 368 g/mol. The fraction of sp³-hybridized carbons (Fsp3) is 0.148. The third-order valence-corrected chi connectivity index (χ3v) is 5.77. The highest BCUT2D eigenvalue weighted by molar-refractivity contribution is 6.06. The number of aromatic nitrogens is 1. The maximum atomic E-state index is 10.2. The topological polar surface area (TPSA) is 45.2 Å². The van der Waals surface area contributed by atoms with Crippen LogP contribution in [0.5, 0.6) is 0 Å². The van der Waals surface area contributed by atoms with Crippen LogP contribution in [0.4, 0.5) is 5.69 Å². The highest BCUT2D eigenvalue weighted by Crippen LogP contribution is 2.43. The lowest BCUT2D eigenvalue weighted by Gasteiger charge is -2.34. The first kappa shape index (κ1) is 18.6. The highest BCUT2D eigenvalue weighted by atomic mass is 16.3. The number of nitrogens with zero attached hydrogens (tertiary/aromatic N) is 1. The van der Waals surface area contributed by atoms with Gasteiger partial charge in [-0.25, -0.2) is 0 Å². The fourth-order valence-corrected chi connectivity index (χ4v) is 4.29. The van der Waals surface area contributed by atoms with Crippen molar-refractivity contribution in [3.05, 3.63) is 102 Å². The first-order valence-electron chi connectivity index (χ1n) is 10.3. The Morgan fingerprint density at radius 1 is 0.867 bits per heavy atom. The summed E-state index contributed by atoms with van der Waals surface area (Å²) in [6.07, 6.45) is 2.13. The van der Waals surface area contributed by atoms with Gasteiger partial charge in [-0.05, 0) is 48.3 Å². The van der Waals surface area contributed by atoms with Crippen molar-refractivity contribution in [2.45, 2.75) is 19.4 Å². The molecule has 3 heteroatoms. The number of hydrogen-bond acceptors (Lipinski definition) is 3. The van der Waals surface area contributed by atoms with Gasteiger partial charge in [0.05, 0.1) is 23.3 Å². The first-order valence-corrected chi connectivity index (χ1v) is 10.3. The van der Waals surface area contributed by atoms with Crippen LogP contribution in [0.2, 0.25) is 0 Å². The van der Waals surface area contributed by atoms with Crippen LogP contribution in [0.15, 0.2) is 84.9 Å². The van der Waals surface area contributed by atoms with Gasteiger partial charge in [-0.1, -0.05) is 72.8 Å². The van der Waals surface area contributed by atoms with Crippen molar-refractivity contribution in [3.63, 3.8) is 0 Å². The van der Waals surface area contributed by atoms with E-state index in [2.05, 4.69) is 66.0 Å². The number of pyridine rings is 1. The van der Waals surface area contributed by atoms with Crippen molar-refractivity contribution in [3.8, 4) is 11.1 Å². The molecule has 0 saturated carbocycles. The van der Waals surface area contributed by atoms with E-state index in [1.54, 1.807) is 0 Å². The normalized spacial score (nSPS) is 17.9. The van der Waals surface area contributed by atoms with E-state index in [0.29, 0.717) is 0 Å². The van der Waals surface area contributed by atoms with E-state index in [1.165, 1.54) is 11.1 Å². The predicted molar refractivity (Wildman–Crippen MR) is 125 cm³/mol. The number of aliphatic hydroxyl groups is 1. The molecule has 2 heterocycles. The SMILES string of the molecule is Cc1cc(-c2ccccc2)c2ccc3c(c2n1)NC(C)(CO)C=C3c1ccccc1. The van der Waals surface area contributed by atoms with Crippen molar-refractivity contribution < 1.29 is 5.11 Å². The lowest BCUT2D eigenvalue weighted by molar-refractivity contribution is 0.249. The highest BCUT2D eigenvalue weighted by Gasteiger charge is 2.30. The summed E-state index contributed by atoms with van der Waals surface area (Å²) in [6, 6.07) is 27.3. The molecule has 3 nitrogen and oxygen atoms in total. The summed E-state index contributed by atoms with van der Waals surface area (Å²) in [6.45, 7) is 4.05. The molecule has 0 radical (unpaired) electrons. The molecule has 1 aromatic heterocycles. The van der Waals surface area contributed by atoms with Crippen LogP contribution in [0.25, 0.3) is 27.6 Å². The number of aliphatic hydroxyl groups excluding tert-OH is 1. The Bertz CT molecular complexity index is 1260. The maximum absolute atomic E-state index is 10.2. The van der Waals surface area contributed by atoms with Crippen molar-refractivity contribution in [1.82, 2.24) is 4.98 Å². The van der Waals surface area contributed by atoms with E-state index < -0.39 is 5.54 Å². The molecule has 30 heavy (non-hydrogen) atoms. The number of anilines is 1. The van der Waals surface area contributed by atoms with Gasteiger partial charge in [-0.2, -0.15) is 0 Å². The standard InChI is InChI=1S/C27H24N2O/c1-18-15-23(19-9-5-3-6-10-19)21-13-14-22-24(20-11-7-4-8-12-20)16-27(2,17-30)29-26(22)25(21)28-18/h3-16,29-30H,17H2,1-2H3. The zero-order valence-electron chi connectivity index (χ0n) is 17.2. The molecule has 0 saturated heterocycles. The van der Waals surface area contributed by atoms with Gasteiger partial charge in [-0.3, -0.25) is 4.98 Å². The van der Waals surface area contributed by atoms with Gasteiger partial charge in [0.1, 0.15) is 0 Å². The number of fused-ring (bicyclic) bond motifs is 3. The van der Waals surface area contributed by atoms with E-state index >= 15 is 0 Å². The van der Waals surface area contributed by atoms with Crippen molar-refractivity contribution >= 4 is 22.2 Å². The molecule has 0 fully saturated rings. The third kappa shape index (κ3) is 3.08. The molecule has 3 aromatic carbocycles. The van der Waals surface area contributed by atoms with Gasteiger partial charge in [0, 0.05) is 16.6 Å². The van der Waals surface area contributed by atoms with Crippen molar-refractivity contribution in [2.75, 3.05) is 11.9 Å². The summed E-state index contributed by atoms with van der Waals surface area (Å²) in [5, 5.41) is 14.9. The van der Waals surface area contributed by atoms with E-state index in [1.807, 2.05) is 38.1 Å². The monoisotopic (exact) mass is 392 g/mol. The number of benzene rings is 3. The Labute approximate surface area is 176 Å². The zero-order valence-corrected chi connectivity index (χ0v) is 17.2. The van der Waals surface area contributed by atoms with Gasteiger partial charge >= 0.3 is 0 Å². The zero-order chi connectivity index (χ0) is 20.7. The molecule has 0 spiro atoms. The second-order valence-corrected chi connectivity index (χ2v) is 8.19. The Hall–Kier alpha value is -3.43. The quantitative estimate of drug-likeness (QED) is 0.462. The number of aryl methyl sites for hydroxylation is 1. The van der Waals surface area contributed by atoms with Gasteiger partial charge in [0.15, 0.2) is 0 Å². The molecule has 5 rings (SSSR count). The first-order chi connectivity index (χ1) is 14.6. The largest absolute Gasteiger partial charge is 0.394 e. The average molecular weight is 393 g/mol. The van der Waals surface area contributed by atoms with Crippen LogP contribution >= 0.6 is 0 Å². The molecule has 148 valence electrons. The molecule has 4 aromatic rings. The molecule has 0 aliphatic carbocycles. The minimum atomic E-state index is -0.565. The molecular formula is C27H24N2O. The molecule has 1 unspecified atom stereocenters. The number of rotatable bonds is 3. The summed E-state index contributed by atoms with van der Waals surface area (Å²) >= 11 is 0. The molecule has 2 N–H and O–H groups in total. The van der Waals surface area contributed by atoms with E-state index in [-0.39, 0.29) is 6.61 Å². The van der Waals surface area contributed by atoms with Crippen LogP contribution in [-0.4, -0.2) is 22.2 Å². The number of nitrogens with one attached hydrogen (secondary N) is 1. The van der Waals surface area contributed by atoms with E-state index in [4.69, 9.17) is 4.98 Å². The second-order valence-electron chi connectivity index (χ2n) is 8.19. The van der Waals surface area contributed by atoms with Crippen LogP contribution in [0, 0.1) is 6.92 Å². The lowest BCUT2D eigenvalue weighted by Crippen LogP contribution is -2.39. The van der Waals surface area contributed by atoms with Gasteiger partial charge in [0.25, 0.3) is 0 Å². The van der Waals surface area contributed by atoms with E-state index in [0.717, 1.165) is 39.0 Å². The molecule has 0 amide bonds. The summed E-state index contributed by atoms with van der Waals surface area (Å²) in [4.78, 5) is 4.93. The van der Waals surface area contributed by atoms with E-state index in [9.17, 15) is 5.11 Å². The fourth-order valence-electron chi connectivity index (χ4n) is 4.29. The van der Waals surface area contributed by atoms with Crippen molar-refractivity contribution in [2.24, 2.45) is 0 Å². The van der Waals surface area contributed by atoms with Gasteiger partial charge in [-0.15, -0.1) is 0 Å². The van der Waals surface area contributed by atoms with Crippen LogP contribution in [0.1, 0.15) is 23.7 Å². The predicted octanol–water partition coefficient (Wildman–Crippen LogP) is 5.82. The Kier molecular flexibility index (Phi) is 4.41. The van der Waals surface area contributed by atoms with Gasteiger partial charge in [0.2, 0.25) is 0 Å². The van der Waals surface area contributed by atoms with Crippen LogP contribution < -0.4 is 5.32 Å². The Balaban J connectivity index is 1.81. The smallest absolute Gasteiger partial charge is 0.0949 e. The van der Waals surface area contributed by atoms with Crippen molar-refractivity contribution in [1.29, 1.82) is 0 Å². The Morgan fingerprint density at radius 3 is 2.20 bits per heavy atom. The summed E-state index contributed by atoms with van der Waals surface area (Å²) < 4.78 is 0. The molecule has 1 aliphatic rings. The second kappa shape index (κ2) is 7.12. The molecule has 0 bridgehead atoms.